The second-order valence-electron chi connectivity index (χ2n) is 6.59. The Balaban J connectivity index is 1.50. The van der Waals surface area contributed by atoms with Gasteiger partial charge in [-0.1, -0.05) is 18.2 Å². The van der Waals surface area contributed by atoms with Gasteiger partial charge in [0.2, 0.25) is 0 Å². The van der Waals surface area contributed by atoms with Crippen LogP contribution in [0.1, 0.15) is 5.56 Å². The van der Waals surface area contributed by atoms with Gasteiger partial charge in [0.1, 0.15) is 11.7 Å². The van der Waals surface area contributed by atoms with E-state index >= 15 is 0 Å². The summed E-state index contributed by atoms with van der Waals surface area (Å²) in [7, 11) is 0. The second kappa shape index (κ2) is 7.13. The predicted molar refractivity (Wildman–Crippen MR) is 109 cm³/mol. The molecule has 0 saturated carbocycles. The van der Waals surface area contributed by atoms with Gasteiger partial charge in [-0.25, -0.2) is 4.98 Å². The number of pyridine rings is 1. The highest BCUT2D eigenvalue weighted by Gasteiger charge is 2.20. The summed E-state index contributed by atoms with van der Waals surface area (Å²) >= 11 is 0. The number of hydrogen-bond donors (Lipinski definition) is 4. The third-order valence-corrected chi connectivity index (χ3v) is 4.97. The maximum absolute atomic E-state index is 8.83. The highest BCUT2D eigenvalue weighted by Crippen LogP contribution is 2.29. The zero-order valence-electron chi connectivity index (χ0n) is 14.9. The number of amidine groups is 1. The number of aromatic nitrogens is 1. The number of nitrogens with one attached hydrogen (secondary N) is 2. The molecule has 0 radical (unpaired) electrons. The molecule has 4 rings (SSSR count). The summed E-state index contributed by atoms with van der Waals surface area (Å²) in [6.07, 6.45) is 0. The second-order valence-corrected chi connectivity index (χ2v) is 6.59. The molecule has 1 saturated heterocycles. The average molecular weight is 362 g/mol. The van der Waals surface area contributed by atoms with Crippen molar-refractivity contribution in [3.63, 3.8) is 0 Å². The lowest BCUT2D eigenvalue weighted by molar-refractivity contribution is 0.234. The lowest BCUT2D eigenvalue weighted by Crippen LogP contribution is -2.46. The molecule has 27 heavy (non-hydrogen) atoms. The van der Waals surface area contributed by atoms with Crippen LogP contribution >= 0.6 is 0 Å². The summed E-state index contributed by atoms with van der Waals surface area (Å²) in [4.78, 5) is 9.10. The highest BCUT2D eigenvalue weighted by atomic mass is 16.5. The smallest absolute Gasteiger partial charge is 0.149 e. The van der Waals surface area contributed by atoms with E-state index in [1.54, 1.807) is 0 Å². The van der Waals surface area contributed by atoms with Crippen molar-refractivity contribution in [2.45, 2.75) is 0 Å². The van der Waals surface area contributed by atoms with Crippen molar-refractivity contribution in [1.82, 2.24) is 10.5 Å². The zero-order valence-corrected chi connectivity index (χ0v) is 14.9. The first-order valence-electron chi connectivity index (χ1n) is 8.90. The third kappa shape index (κ3) is 3.37. The summed E-state index contributed by atoms with van der Waals surface area (Å²) < 4.78 is 0. The normalized spacial score (nSPS) is 14.4. The molecule has 2 aromatic carbocycles. The lowest BCUT2D eigenvalue weighted by atomic mass is 10.1. The molecule has 0 atom stereocenters. The maximum atomic E-state index is 8.83. The Morgan fingerprint density at radius 1 is 1.00 bits per heavy atom. The number of hydroxylamine groups is 1. The number of benzene rings is 2. The first-order chi connectivity index (χ1) is 13.2. The molecular weight excluding hydrogens is 340 g/mol. The molecule has 0 spiro atoms. The van der Waals surface area contributed by atoms with E-state index in [0.717, 1.165) is 48.5 Å². The van der Waals surface area contributed by atoms with Crippen LogP contribution in [-0.4, -0.2) is 42.2 Å². The molecule has 1 aliphatic rings. The minimum absolute atomic E-state index is 0.00600. The van der Waals surface area contributed by atoms with Crippen LogP contribution in [0, 0.1) is 5.41 Å². The van der Waals surface area contributed by atoms with Crippen LogP contribution in [0.4, 0.5) is 17.2 Å². The predicted octanol–water partition coefficient (Wildman–Crippen LogP) is 2.45. The largest absolute Gasteiger partial charge is 0.384 e. The van der Waals surface area contributed by atoms with Crippen LogP contribution < -0.4 is 21.0 Å². The van der Waals surface area contributed by atoms with Gasteiger partial charge in [0.05, 0.1) is 5.52 Å². The molecule has 1 fully saturated rings. The quantitative estimate of drug-likeness (QED) is 0.324. The Bertz CT molecular complexity index is 964. The minimum Gasteiger partial charge on any atom is -0.384 e. The maximum Gasteiger partial charge on any atom is 0.149 e. The molecule has 3 aromatic rings. The lowest BCUT2D eigenvalue weighted by Gasteiger charge is -2.38. The topological polar surface area (TPSA) is 102 Å². The summed E-state index contributed by atoms with van der Waals surface area (Å²) in [5.74, 6) is 0.537. The zero-order chi connectivity index (χ0) is 18.8. The first kappa shape index (κ1) is 17.1. The number of hydrogen-bond acceptors (Lipinski definition) is 6. The van der Waals surface area contributed by atoms with E-state index in [1.165, 1.54) is 0 Å². The van der Waals surface area contributed by atoms with E-state index in [0.29, 0.717) is 11.4 Å². The first-order valence-corrected chi connectivity index (χ1v) is 8.90. The van der Waals surface area contributed by atoms with Crippen molar-refractivity contribution in [3.8, 4) is 0 Å². The molecular formula is C20H22N6O. The number of rotatable bonds is 3. The summed E-state index contributed by atoms with van der Waals surface area (Å²) in [6.45, 7) is 3.57. The van der Waals surface area contributed by atoms with E-state index in [1.807, 2.05) is 54.0 Å². The number of nitrogens with two attached hydrogens (primary N) is 1. The number of anilines is 3. The van der Waals surface area contributed by atoms with Gasteiger partial charge >= 0.3 is 0 Å². The summed E-state index contributed by atoms with van der Waals surface area (Å²) in [5, 5.41) is 17.6. The molecule has 138 valence electrons. The monoisotopic (exact) mass is 362 g/mol. The van der Waals surface area contributed by atoms with Crippen LogP contribution in [0.25, 0.3) is 10.9 Å². The fraction of sp³-hybridized carbons (Fsp3) is 0.200. The number of para-hydroxylation sites is 1. The fourth-order valence-electron chi connectivity index (χ4n) is 3.55. The summed E-state index contributed by atoms with van der Waals surface area (Å²) in [6, 6.07) is 17.7. The average Bonchev–Trinajstić information content (AvgIpc) is 2.73. The number of piperazine rings is 1. The van der Waals surface area contributed by atoms with Gasteiger partial charge in [-0.15, -0.1) is 0 Å². The minimum atomic E-state index is -0.00600. The van der Waals surface area contributed by atoms with E-state index < -0.39 is 0 Å². The van der Waals surface area contributed by atoms with Crippen LogP contribution in [0.5, 0.6) is 0 Å². The molecule has 1 aliphatic heterocycles. The van der Waals surface area contributed by atoms with Crippen LogP contribution in [0.3, 0.4) is 0 Å². The molecule has 1 aromatic heterocycles. The van der Waals surface area contributed by atoms with Gasteiger partial charge in [0.15, 0.2) is 0 Å². The van der Waals surface area contributed by atoms with E-state index in [-0.39, 0.29) is 5.84 Å². The third-order valence-electron chi connectivity index (χ3n) is 4.97. The summed E-state index contributed by atoms with van der Waals surface area (Å²) in [5.41, 5.74) is 11.7. The molecule has 7 heteroatoms. The van der Waals surface area contributed by atoms with Crippen molar-refractivity contribution in [2.24, 2.45) is 0 Å². The van der Waals surface area contributed by atoms with Crippen molar-refractivity contribution in [2.75, 3.05) is 41.7 Å². The Hall–Kier alpha value is -3.32. The molecule has 7 nitrogen and oxygen atoms in total. The number of nitrogen functional groups attached to an aromatic ring is 1. The van der Waals surface area contributed by atoms with Gasteiger partial charge in [0, 0.05) is 54.6 Å². The van der Waals surface area contributed by atoms with Crippen molar-refractivity contribution in [1.29, 1.82) is 5.41 Å². The van der Waals surface area contributed by atoms with E-state index in [9.17, 15) is 0 Å². The molecule has 0 amide bonds. The number of fused-ring (bicyclic) bond motifs is 1. The Morgan fingerprint density at radius 3 is 2.37 bits per heavy atom. The fourth-order valence-corrected chi connectivity index (χ4v) is 3.55. The van der Waals surface area contributed by atoms with Gasteiger partial charge in [-0.05, 0) is 30.3 Å². The van der Waals surface area contributed by atoms with Crippen molar-refractivity contribution >= 4 is 33.9 Å². The van der Waals surface area contributed by atoms with Crippen molar-refractivity contribution in [3.05, 3.63) is 60.2 Å². The van der Waals surface area contributed by atoms with Gasteiger partial charge in [0.25, 0.3) is 0 Å². The Morgan fingerprint density at radius 2 is 1.67 bits per heavy atom. The standard InChI is InChI=1S/C20H22N6O/c21-19-13-18(16-3-1-2-4-17(16)23-19)26-11-9-25(10-12-26)15-7-5-14(6-8-15)20(22)24-27/h1-8,13,27H,9-12H2,(H2,21,23)(H2,22,24). The van der Waals surface area contributed by atoms with Crippen LogP contribution in [0.15, 0.2) is 54.6 Å². The molecule has 0 aliphatic carbocycles. The van der Waals surface area contributed by atoms with Gasteiger partial charge in [-0.3, -0.25) is 16.1 Å². The van der Waals surface area contributed by atoms with Gasteiger partial charge in [-0.2, -0.15) is 0 Å². The van der Waals surface area contributed by atoms with Gasteiger partial charge < -0.3 is 15.5 Å². The van der Waals surface area contributed by atoms with Crippen LogP contribution in [-0.2, 0) is 0 Å². The Kier molecular flexibility index (Phi) is 4.52. The molecule has 0 bridgehead atoms. The van der Waals surface area contributed by atoms with Crippen molar-refractivity contribution < 1.29 is 5.21 Å². The number of nitrogens with zero attached hydrogens (tertiary/aromatic N) is 3. The van der Waals surface area contributed by atoms with E-state index in [4.69, 9.17) is 16.4 Å². The molecule has 2 heterocycles. The molecule has 0 unspecified atom stereocenters. The van der Waals surface area contributed by atoms with Crippen LogP contribution in [0.2, 0.25) is 0 Å². The van der Waals surface area contributed by atoms with E-state index in [2.05, 4.69) is 20.9 Å². The molecule has 5 N–H and O–H groups in total. The Labute approximate surface area is 157 Å². The highest BCUT2D eigenvalue weighted by molar-refractivity contribution is 5.96. The SMILES string of the molecule is N=C(NO)c1ccc(N2CCN(c3cc(N)nc4ccccc34)CC2)cc1.